The van der Waals surface area contributed by atoms with E-state index in [1.54, 1.807) is 25.5 Å². The Morgan fingerprint density at radius 2 is 2.00 bits per heavy atom. The number of hydrogen-bond acceptors (Lipinski definition) is 5. The van der Waals surface area contributed by atoms with Crippen molar-refractivity contribution >= 4 is 11.9 Å². The molecule has 1 fully saturated rings. The molecule has 0 aliphatic carbocycles. The topological polar surface area (TPSA) is 96.3 Å². The third-order valence-corrected chi connectivity index (χ3v) is 4.22. The number of rotatable bonds is 3. The van der Waals surface area contributed by atoms with E-state index in [4.69, 9.17) is 5.11 Å². The number of piperidine rings is 1. The van der Waals surface area contributed by atoms with E-state index in [2.05, 4.69) is 15.0 Å². The van der Waals surface area contributed by atoms with Crippen molar-refractivity contribution in [2.75, 3.05) is 13.1 Å². The van der Waals surface area contributed by atoms with Gasteiger partial charge in [-0.05, 0) is 18.9 Å². The molecule has 3 rings (SSSR count). The number of carboxylic acid groups (broad SMARTS) is 1. The van der Waals surface area contributed by atoms with Gasteiger partial charge in [0.25, 0.3) is 0 Å². The van der Waals surface area contributed by atoms with E-state index < -0.39 is 5.97 Å². The fourth-order valence-electron chi connectivity index (χ4n) is 2.92. The number of carboxylic acids is 1. The highest BCUT2D eigenvalue weighted by molar-refractivity contribution is 5.88. The lowest BCUT2D eigenvalue weighted by atomic mass is 9.95. The van der Waals surface area contributed by atoms with Crippen molar-refractivity contribution in [3.63, 3.8) is 0 Å². The summed E-state index contributed by atoms with van der Waals surface area (Å²) >= 11 is 0. The molecular weight excluding hydrogens is 308 g/mol. The van der Waals surface area contributed by atoms with Crippen molar-refractivity contribution in [2.45, 2.75) is 25.7 Å². The smallest absolute Gasteiger partial charge is 0.337 e. The third kappa shape index (κ3) is 3.40. The quantitative estimate of drug-likeness (QED) is 0.926. The molecule has 2 aromatic rings. The van der Waals surface area contributed by atoms with Crippen LogP contribution in [0.15, 0.2) is 30.9 Å². The molecule has 0 spiro atoms. The number of carbonyl (C=O) groups excluding carboxylic acids is 1. The maximum atomic E-state index is 11.6. The minimum Gasteiger partial charge on any atom is -0.478 e. The number of carbonyl (C=O) groups is 2. The third-order valence-electron chi connectivity index (χ3n) is 4.22. The van der Waals surface area contributed by atoms with Gasteiger partial charge < -0.3 is 10.0 Å². The molecule has 1 atom stereocenters. The van der Waals surface area contributed by atoms with Crippen LogP contribution >= 0.6 is 0 Å². The van der Waals surface area contributed by atoms with Gasteiger partial charge in [-0.25, -0.2) is 9.78 Å². The van der Waals surface area contributed by atoms with Gasteiger partial charge in [-0.15, -0.1) is 0 Å². The molecule has 7 heteroatoms. The molecular formula is C17H18N4O3. The Balaban J connectivity index is 1.88. The van der Waals surface area contributed by atoms with Crippen LogP contribution in [0.25, 0.3) is 11.3 Å². The van der Waals surface area contributed by atoms with Gasteiger partial charge in [0, 0.05) is 50.1 Å². The molecule has 0 saturated carbocycles. The summed E-state index contributed by atoms with van der Waals surface area (Å²) in [5.74, 6) is -0.814. The summed E-state index contributed by atoms with van der Waals surface area (Å²) in [6, 6.07) is 1.53. The monoisotopic (exact) mass is 326 g/mol. The first kappa shape index (κ1) is 16.0. The van der Waals surface area contributed by atoms with Crippen molar-refractivity contribution in [2.24, 2.45) is 0 Å². The Morgan fingerprint density at radius 1 is 1.21 bits per heavy atom. The van der Waals surface area contributed by atoms with Gasteiger partial charge in [0.2, 0.25) is 5.91 Å². The maximum Gasteiger partial charge on any atom is 0.337 e. The van der Waals surface area contributed by atoms with Crippen LogP contribution in [0.2, 0.25) is 0 Å². The van der Waals surface area contributed by atoms with Crippen LogP contribution in [0.1, 0.15) is 41.7 Å². The summed E-state index contributed by atoms with van der Waals surface area (Å²) in [6.07, 6.45) is 8.07. The molecule has 0 aromatic carbocycles. The van der Waals surface area contributed by atoms with Crippen LogP contribution in [0.3, 0.4) is 0 Å². The highest BCUT2D eigenvalue weighted by Gasteiger charge is 2.24. The second kappa shape index (κ2) is 6.74. The molecule has 24 heavy (non-hydrogen) atoms. The summed E-state index contributed by atoms with van der Waals surface area (Å²) in [4.78, 5) is 37.3. The first-order chi connectivity index (χ1) is 11.5. The lowest BCUT2D eigenvalue weighted by Crippen LogP contribution is -2.37. The molecule has 2 aromatic heterocycles. The van der Waals surface area contributed by atoms with Crippen molar-refractivity contribution in [1.82, 2.24) is 19.9 Å². The Labute approximate surface area is 139 Å². The maximum absolute atomic E-state index is 11.6. The predicted octanol–water partition coefficient (Wildman–Crippen LogP) is 1.96. The molecule has 1 aliphatic heterocycles. The normalized spacial score (nSPS) is 17.5. The predicted molar refractivity (Wildman–Crippen MR) is 86.5 cm³/mol. The molecule has 3 heterocycles. The van der Waals surface area contributed by atoms with Crippen LogP contribution in [0, 0.1) is 0 Å². The fourth-order valence-corrected chi connectivity index (χ4v) is 2.92. The Bertz CT molecular complexity index is 778. The molecule has 7 nitrogen and oxygen atoms in total. The molecule has 1 aliphatic rings. The average molecular weight is 326 g/mol. The van der Waals surface area contributed by atoms with E-state index in [0.29, 0.717) is 17.8 Å². The SMILES string of the molecule is CC(=O)N1CCCC(c2cncc(-c3cncc(C(=O)O)c3)n2)C1. The van der Waals surface area contributed by atoms with Crippen LogP contribution in [-0.2, 0) is 4.79 Å². The molecule has 0 bridgehead atoms. The van der Waals surface area contributed by atoms with E-state index in [1.807, 2.05) is 4.90 Å². The Hall–Kier alpha value is -2.83. The van der Waals surface area contributed by atoms with Crippen molar-refractivity contribution in [3.05, 3.63) is 42.1 Å². The van der Waals surface area contributed by atoms with E-state index in [9.17, 15) is 9.59 Å². The van der Waals surface area contributed by atoms with Gasteiger partial charge in [-0.1, -0.05) is 0 Å². The average Bonchev–Trinajstić information content (AvgIpc) is 2.62. The summed E-state index contributed by atoms with van der Waals surface area (Å²) in [5, 5.41) is 9.08. The number of aromatic nitrogens is 3. The van der Waals surface area contributed by atoms with E-state index in [0.717, 1.165) is 25.1 Å². The number of hydrogen-bond donors (Lipinski definition) is 1. The Kier molecular flexibility index (Phi) is 4.50. The van der Waals surface area contributed by atoms with Crippen LogP contribution < -0.4 is 0 Å². The summed E-state index contributed by atoms with van der Waals surface area (Å²) in [5.41, 5.74) is 2.13. The van der Waals surface area contributed by atoms with Gasteiger partial charge >= 0.3 is 5.97 Å². The molecule has 0 radical (unpaired) electrons. The standard InChI is InChI=1S/C17H18N4O3/c1-11(22)21-4-2-3-12(10-21)15-8-19-9-16(20-15)13-5-14(17(23)24)7-18-6-13/h5-9,12H,2-4,10H2,1H3,(H,23,24). The minimum absolute atomic E-state index is 0.0715. The van der Waals surface area contributed by atoms with E-state index in [1.165, 1.54) is 12.3 Å². The van der Waals surface area contributed by atoms with Crippen molar-refractivity contribution in [3.8, 4) is 11.3 Å². The lowest BCUT2D eigenvalue weighted by molar-refractivity contribution is -0.130. The van der Waals surface area contributed by atoms with Crippen LogP contribution in [-0.4, -0.2) is 49.9 Å². The number of amides is 1. The zero-order chi connectivity index (χ0) is 17.1. The van der Waals surface area contributed by atoms with E-state index in [-0.39, 0.29) is 17.4 Å². The fraction of sp³-hybridized carbons (Fsp3) is 0.353. The zero-order valence-electron chi connectivity index (χ0n) is 13.3. The second-order valence-electron chi connectivity index (χ2n) is 5.90. The number of aromatic carboxylic acids is 1. The first-order valence-corrected chi connectivity index (χ1v) is 7.81. The summed E-state index contributed by atoms with van der Waals surface area (Å²) < 4.78 is 0. The lowest BCUT2D eigenvalue weighted by Gasteiger charge is -2.31. The van der Waals surface area contributed by atoms with Crippen molar-refractivity contribution < 1.29 is 14.7 Å². The van der Waals surface area contributed by atoms with Crippen LogP contribution in [0.5, 0.6) is 0 Å². The van der Waals surface area contributed by atoms with Crippen molar-refractivity contribution in [1.29, 1.82) is 0 Å². The molecule has 1 saturated heterocycles. The van der Waals surface area contributed by atoms with Gasteiger partial charge in [0.15, 0.2) is 0 Å². The zero-order valence-corrected chi connectivity index (χ0v) is 13.3. The minimum atomic E-state index is -1.03. The summed E-state index contributed by atoms with van der Waals surface area (Å²) in [6.45, 7) is 3.00. The number of likely N-dealkylation sites (tertiary alicyclic amines) is 1. The van der Waals surface area contributed by atoms with Gasteiger partial charge in [0.05, 0.1) is 23.1 Å². The summed E-state index contributed by atoms with van der Waals surface area (Å²) in [7, 11) is 0. The van der Waals surface area contributed by atoms with E-state index >= 15 is 0 Å². The molecule has 1 unspecified atom stereocenters. The highest BCUT2D eigenvalue weighted by Crippen LogP contribution is 2.27. The van der Waals surface area contributed by atoms with Crippen LogP contribution in [0.4, 0.5) is 0 Å². The Morgan fingerprint density at radius 3 is 2.75 bits per heavy atom. The largest absolute Gasteiger partial charge is 0.478 e. The van der Waals surface area contributed by atoms with Gasteiger partial charge in [0.1, 0.15) is 0 Å². The highest BCUT2D eigenvalue weighted by atomic mass is 16.4. The van der Waals surface area contributed by atoms with Gasteiger partial charge in [-0.3, -0.25) is 14.8 Å². The number of nitrogens with zero attached hydrogens (tertiary/aromatic N) is 4. The molecule has 124 valence electrons. The number of pyridine rings is 1. The molecule has 1 N–H and O–H groups in total. The first-order valence-electron chi connectivity index (χ1n) is 7.81. The second-order valence-corrected chi connectivity index (χ2v) is 5.90. The molecule has 1 amide bonds. The van der Waals surface area contributed by atoms with Gasteiger partial charge in [-0.2, -0.15) is 0 Å².